The van der Waals surface area contributed by atoms with E-state index in [1.54, 1.807) is 24.3 Å². The Balaban J connectivity index is 1.13. The predicted octanol–water partition coefficient (Wildman–Crippen LogP) is 6.22. The van der Waals surface area contributed by atoms with E-state index >= 15 is 0 Å². The van der Waals surface area contributed by atoms with E-state index < -0.39 is 18.6 Å². The minimum atomic E-state index is -1.18. The number of aliphatic hydroxyl groups excluding tert-OH is 2. The molecule has 1 aliphatic rings. The lowest BCUT2D eigenvalue weighted by molar-refractivity contribution is -0.140. The number of carboxylic acid groups (broad SMARTS) is 1. The SMILES string of the molecule is O=C(O)C(CO)NCc1cc(Cl)c(OCc2cccc(-c3cccc(OCCCN4CCC(O)CC4)c3)c2Br)cc1OCc1ccc2nonc2c1. The van der Waals surface area contributed by atoms with Crippen LogP contribution in [0.5, 0.6) is 17.2 Å². The van der Waals surface area contributed by atoms with Crippen molar-refractivity contribution in [3.63, 3.8) is 0 Å². The second-order valence-corrected chi connectivity index (χ2v) is 13.8. The van der Waals surface area contributed by atoms with Gasteiger partial charge in [-0.3, -0.25) is 10.1 Å². The smallest absolute Gasteiger partial charge is 0.323 e. The quantitative estimate of drug-likeness (QED) is 0.0789. The van der Waals surface area contributed by atoms with Crippen LogP contribution in [-0.2, 0) is 24.6 Å². The number of aromatic nitrogens is 2. The molecule has 0 radical (unpaired) electrons. The van der Waals surface area contributed by atoms with E-state index in [1.165, 1.54) is 0 Å². The maximum absolute atomic E-state index is 11.5. The molecule has 1 aliphatic heterocycles. The molecule has 6 rings (SSSR count). The summed E-state index contributed by atoms with van der Waals surface area (Å²) in [5.74, 6) is 0.414. The lowest BCUT2D eigenvalue weighted by atomic mass is 10.0. The van der Waals surface area contributed by atoms with Gasteiger partial charge < -0.3 is 34.4 Å². The van der Waals surface area contributed by atoms with E-state index in [-0.39, 0.29) is 25.9 Å². The second kappa shape index (κ2) is 18.0. The van der Waals surface area contributed by atoms with E-state index in [9.17, 15) is 20.1 Å². The molecular weight excluding hydrogens is 756 g/mol. The van der Waals surface area contributed by atoms with Crippen molar-refractivity contribution in [1.82, 2.24) is 20.5 Å². The maximum Gasteiger partial charge on any atom is 0.323 e. The second-order valence-electron chi connectivity index (χ2n) is 12.6. The van der Waals surface area contributed by atoms with Crippen LogP contribution in [0.1, 0.15) is 36.0 Å². The Morgan fingerprint density at radius 2 is 1.75 bits per heavy atom. The number of aliphatic carboxylic acids is 1. The topological polar surface area (TPSA) is 160 Å². The highest BCUT2D eigenvalue weighted by atomic mass is 79.9. The first-order valence-corrected chi connectivity index (χ1v) is 18.2. The van der Waals surface area contributed by atoms with Crippen LogP contribution < -0.4 is 19.5 Å². The van der Waals surface area contributed by atoms with Crippen molar-refractivity contribution in [2.75, 3.05) is 32.8 Å². The number of ether oxygens (including phenoxy) is 3. The summed E-state index contributed by atoms with van der Waals surface area (Å²) in [5, 5.41) is 39.5. The fourth-order valence-electron chi connectivity index (χ4n) is 5.94. The van der Waals surface area contributed by atoms with Crippen LogP contribution in [-0.4, -0.2) is 81.5 Å². The molecule has 0 saturated carbocycles. The molecule has 0 bridgehead atoms. The molecule has 1 atom stereocenters. The maximum atomic E-state index is 11.5. The molecule has 12 nitrogen and oxygen atoms in total. The molecule has 0 aliphatic carbocycles. The third kappa shape index (κ3) is 9.79. The number of piperidine rings is 1. The van der Waals surface area contributed by atoms with Gasteiger partial charge in [-0.25, -0.2) is 4.63 Å². The molecule has 2 heterocycles. The lowest BCUT2D eigenvalue weighted by Crippen LogP contribution is -2.39. The van der Waals surface area contributed by atoms with Crippen molar-refractivity contribution >= 4 is 44.5 Å². The number of carboxylic acids is 1. The van der Waals surface area contributed by atoms with Crippen LogP contribution in [0.3, 0.4) is 0 Å². The van der Waals surface area contributed by atoms with Gasteiger partial charge in [-0.2, -0.15) is 0 Å². The van der Waals surface area contributed by atoms with Gasteiger partial charge in [0.1, 0.15) is 47.5 Å². The van der Waals surface area contributed by atoms with Crippen molar-refractivity contribution in [2.45, 2.75) is 51.2 Å². The molecule has 4 aromatic carbocycles. The first-order chi connectivity index (χ1) is 25.3. The molecule has 14 heteroatoms. The van der Waals surface area contributed by atoms with Crippen molar-refractivity contribution in [2.24, 2.45) is 0 Å². The number of fused-ring (bicyclic) bond motifs is 1. The van der Waals surface area contributed by atoms with Gasteiger partial charge in [0.2, 0.25) is 0 Å². The average molecular weight is 796 g/mol. The van der Waals surface area contributed by atoms with Gasteiger partial charge in [0.05, 0.1) is 24.3 Å². The van der Waals surface area contributed by atoms with Gasteiger partial charge in [-0.05, 0) is 92.5 Å². The van der Waals surface area contributed by atoms with Crippen LogP contribution in [0.4, 0.5) is 0 Å². The Bertz CT molecular complexity index is 1970. The zero-order valence-electron chi connectivity index (χ0n) is 28.3. The third-order valence-electron chi connectivity index (χ3n) is 8.90. The van der Waals surface area contributed by atoms with Crippen LogP contribution in [0.15, 0.2) is 81.9 Å². The number of carbonyl (C=O) groups is 1. The molecule has 1 unspecified atom stereocenters. The van der Waals surface area contributed by atoms with E-state index in [0.29, 0.717) is 39.7 Å². The van der Waals surface area contributed by atoms with Gasteiger partial charge in [-0.1, -0.05) is 48.0 Å². The zero-order valence-corrected chi connectivity index (χ0v) is 30.7. The van der Waals surface area contributed by atoms with E-state index in [4.69, 9.17) is 30.4 Å². The third-order valence-corrected chi connectivity index (χ3v) is 10.1. The fraction of sp³-hybridized carbons (Fsp3) is 0.342. The normalized spacial score (nSPS) is 14.4. The summed E-state index contributed by atoms with van der Waals surface area (Å²) in [6.07, 6.45) is 2.40. The van der Waals surface area contributed by atoms with Crippen molar-refractivity contribution in [3.05, 3.63) is 99.0 Å². The number of hydrogen-bond donors (Lipinski definition) is 4. The molecule has 52 heavy (non-hydrogen) atoms. The number of halogens is 2. The van der Waals surface area contributed by atoms with Crippen molar-refractivity contribution < 1.29 is 39.0 Å². The van der Waals surface area contributed by atoms with Crippen LogP contribution in [0, 0.1) is 0 Å². The van der Waals surface area contributed by atoms with Crippen molar-refractivity contribution in [1.29, 1.82) is 0 Å². The first-order valence-electron chi connectivity index (χ1n) is 17.0. The molecule has 1 saturated heterocycles. The summed E-state index contributed by atoms with van der Waals surface area (Å²) >= 11 is 10.5. The Kier molecular flexibility index (Phi) is 13.0. The number of hydrogen-bond acceptors (Lipinski definition) is 11. The Labute approximate surface area is 314 Å². The number of aliphatic hydroxyl groups is 2. The van der Waals surface area contributed by atoms with E-state index in [2.05, 4.69) is 36.5 Å². The van der Waals surface area contributed by atoms with E-state index in [0.717, 1.165) is 71.4 Å². The highest BCUT2D eigenvalue weighted by molar-refractivity contribution is 9.10. The summed E-state index contributed by atoms with van der Waals surface area (Å²) in [4.78, 5) is 13.9. The summed E-state index contributed by atoms with van der Waals surface area (Å²) in [5.41, 5.74) is 5.47. The molecule has 1 fully saturated rings. The standard InChI is InChI=1S/C38H40BrClN4O8/c39-37-26(5-2-7-30(37)25-4-1-6-29(17-25)49-15-3-12-44-13-10-28(46)11-14-44)23-51-36-19-35(27(18-31(36)40)20-41-34(21-45)38(47)48)50-22-24-8-9-32-33(16-24)43-52-42-32/h1-2,4-9,16-19,28,34,41,45-46H,3,10-15,20-23H2,(H,47,48). The summed E-state index contributed by atoms with van der Waals surface area (Å²) in [6.45, 7) is 3.25. The van der Waals surface area contributed by atoms with E-state index in [1.807, 2.05) is 48.5 Å². The summed E-state index contributed by atoms with van der Waals surface area (Å²) in [6, 6.07) is 21.6. The first kappa shape index (κ1) is 37.5. The Hall–Kier alpha value is -4.24. The number of nitrogens with zero attached hydrogens (tertiary/aromatic N) is 3. The van der Waals surface area contributed by atoms with Gasteiger partial charge >= 0.3 is 5.97 Å². The monoisotopic (exact) mass is 794 g/mol. The largest absolute Gasteiger partial charge is 0.494 e. The van der Waals surface area contributed by atoms with Crippen LogP contribution >= 0.6 is 27.5 Å². The molecule has 4 N–H and O–H groups in total. The average Bonchev–Trinajstić information content (AvgIpc) is 3.62. The Morgan fingerprint density at radius 1 is 0.962 bits per heavy atom. The Morgan fingerprint density at radius 3 is 2.56 bits per heavy atom. The number of rotatable bonds is 17. The molecule has 5 aromatic rings. The predicted molar refractivity (Wildman–Crippen MR) is 199 cm³/mol. The number of likely N-dealkylation sites (tertiary alicyclic amines) is 1. The number of benzene rings is 4. The van der Waals surface area contributed by atoms with Gasteiger partial charge in [0.25, 0.3) is 0 Å². The molecule has 0 amide bonds. The lowest BCUT2D eigenvalue weighted by Gasteiger charge is -2.29. The minimum absolute atomic E-state index is 0.0684. The molecule has 1 aromatic heterocycles. The highest BCUT2D eigenvalue weighted by Gasteiger charge is 2.19. The number of nitrogens with one attached hydrogen (secondary N) is 1. The van der Waals surface area contributed by atoms with Gasteiger partial charge in [0, 0.05) is 47.8 Å². The summed E-state index contributed by atoms with van der Waals surface area (Å²) < 4.78 is 24.2. The highest BCUT2D eigenvalue weighted by Crippen LogP contribution is 2.37. The summed E-state index contributed by atoms with van der Waals surface area (Å²) in [7, 11) is 0. The molecule has 0 spiro atoms. The van der Waals surface area contributed by atoms with Crippen molar-refractivity contribution in [3.8, 4) is 28.4 Å². The van der Waals surface area contributed by atoms with Gasteiger partial charge in [-0.15, -0.1) is 0 Å². The zero-order chi connectivity index (χ0) is 36.5. The molecular formula is C38H40BrClN4O8. The molecule has 274 valence electrons. The fourth-order valence-corrected chi connectivity index (χ4v) is 6.79. The van der Waals surface area contributed by atoms with Crippen LogP contribution in [0.2, 0.25) is 5.02 Å². The minimum Gasteiger partial charge on any atom is -0.494 e. The van der Waals surface area contributed by atoms with Gasteiger partial charge in [0.15, 0.2) is 0 Å². The van der Waals surface area contributed by atoms with Crippen LogP contribution in [0.25, 0.3) is 22.2 Å².